The average molecular weight is 793 g/mol. The van der Waals surface area contributed by atoms with E-state index in [0.29, 0.717) is 5.95 Å². The second-order valence-electron chi connectivity index (χ2n) is 16.1. The molecule has 0 aliphatic heterocycles. The van der Waals surface area contributed by atoms with Crippen LogP contribution < -0.4 is 0 Å². The molecule has 0 bridgehead atoms. The number of rotatable bonds is 4. The predicted octanol–water partition coefficient (Wildman–Crippen LogP) is 15.3. The third kappa shape index (κ3) is 4.58. The highest BCUT2D eigenvalue weighted by Gasteiger charge is 2.27. The second-order valence-corrected chi connectivity index (χ2v) is 17.2. The van der Waals surface area contributed by atoms with Crippen LogP contribution in [-0.4, -0.2) is 19.1 Å². The van der Waals surface area contributed by atoms with Crippen LogP contribution in [0.25, 0.3) is 130 Å². The van der Waals surface area contributed by atoms with Crippen LogP contribution >= 0.6 is 11.3 Å². The molecule has 0 saturated carbocycles. The van der Waals surface area contributed by atoms with E-state index in [1.807, 2.05) is 11.3 Å². The van der Waals surface area contributed by atoms with Gasteiger partial charge in [0.05, 0.1) is 38.0 Å². The first-order valence-electron chi connectivity index (χ1n) is 20.7. The number of para-hydroxylation sites is 1. The number of aromatic nitrogens is 4. The Balaban J connectivity index is 1.16. The number of nitrogens with zero attached hydrogens (tertiary/aromatic N) is 4. The summed E-state index contributed by atoms with van der Waals surface area (Å²) in [5.41, 5.74) is 11.1. The van der Waals surface area contributed by atoms with E-state index in [2.05, 4.69) is 203 Å². The SMILES string of the molecule is c1ccc(-c2cccc(-n3c4cc5c6ccccc6n(-c6nc(-c7ccccc7)c7c(ccc8ccccc87)n6)c5c5ccc6cc7c8ccccc8sc7c3c6c54)c2)cc1. The summed E-state index contributed by atoms with van der Waals surface area (Å²) in [7, 11) is 0. The van der Waals surface area contributed by atoms with Crippen LogP contribution in [0.2, 0.25) is 0 Å². The molecule has 0 unspecified atom stereocenters. The topological polar surface area (TPSA) is 35.6 Å². The standard InChI is InChI=1S/C56H32N4S/c1-3-14-33(15-4-1)36-19-13-20-38(30-36)59-47-32-43-40-22-9-11-24-46(40)60(56-57-45-29-27-34-16-7-8-21-39(34)50(45)52(58-56)35-17-5-2-6-18-35)53(43)42-28-26-37-31-44-41-23-10-12-25-48(41)61-55(44)54(59)49(37)51(42)47/h1-32H. The van der Waals surface area contributed by atoms with Crippen molar-refractivity contribution in [3.8, 4) is 34.0 Å². The van der Waals surface area contributed by atoms with E-state index in [0.717, 1.165) is 44.3 Å². The van der Waals surface area contributed by atoms with Gasteiger partial charge in [0.25, 0.3) is 0 Å². The third-order valence-electron chi connectivity index (χ3n) is 12.8. The molecule has 0 atom stereocenters. The van der Waals surface area contributed by atoms with Crippen molar-refractivity contribution in [1.82, 2.24) is 19.1 Å². The molecule has 14 rings (SSSR count). The molecule has 0 aliphatic carbocycles. The fraction of sp³-hybridized carbons (Fsp3) is 0. The van der Waals surface area contributed by atoms with Crippen LogP contribution in [0.1, 0.15) is 0 Å². The highest BCUT2D eigenvalue weighted by Crippen LogP contribution is 2.50. The lowest BCUT2D eigenvalue weighted by molar-refractivity contribution is 1.02. The van der Waals surface area contributed by atoms with E-state index in [9.17, 15) is 0 Å². The smallest absolute Gasteiger partial charge is 0.235 e. The highest BCUT2D eigenvalue weighted by atomic mass is 32.1. The van der Waals surface area contributed by atoms with Crippen LogP contribution in [0.3, 0.4) is 0 Å². The van der Waals surface area contributed by atoms with E-state index in [1.54, 1.807) is 0 Å². The monoisotopic (exact) mass is 792 g/mol. The Morgan fingerprint density at radius 2 is 1.10 bits per heavy atom. The van der Waals surface area contributed by atoms with Gasteiger partial charge >= 0.3 is 0 Å². The molecule has 4 aromatic heterocycles. The Kier molecular flexibility index (Phi) is 6.68. The summed E-state index contributed by atoms with van der Waals surface area (Å²) in [5.74, 6) is 0.661. The molecule has 0 aliphatic rings. The van der Waals surface area contributed by atoms with Gasteiger partial charge in [-0.2, -0.15) is 0 Å². The molecule has 10 aromatic carbocycles. The van der Waals surface area contributed by atoms with E-state index in [4.69, 9.17) is 9.97 Å². The zero-order valence-corrected chi connectivity index (χ0v) is 33.5. The lowest BCUT2D eigenvalue weighted by Gasteiger charge is -2.14. The Hall–Kier alpha value is -7.86. The normalized spacial score (nSPS) is 12.3. The van der Waals surface area contributed by atoms with Gasteiger partial charge in [-0.05, 0) is 69.8 Å². The molecule has 0 radical (unpaired) electrons. The summed E-state index contributed by atoms with van der Waals surface area (Å²) >= 11 is 1.89. The first-order chi connectivity index (χ1) is 30.3. The van der Waals surface area contributed by atoms with E-state index >= 15 is 0 Å². The van der Waals surface area contributed by atoms with Gasteiger partial charge in [-0.25, -0.2) is 9.97 Å². The Morgan fingerprint density at radius 1 is 0.377 bits per heavy atom. The number of hydrogen-bond donors (Lipinski definition) is 0. The number of thiophene rings is 1. The maximum Gasteiger partial charge on any atom is 0.235 e. The van der Waals surface area contributed by atoms with E-state index < -0.39 is 0 Å². The molecule has 0 fully saturated rings. The van der Waals surface area contributed by atoms with E-state index in [-0.39, 0.29) is 0 Å². The molecule has 61 heavy (non-hydrogen) atoms. The summed E-state index contributed by atoms with van der Waals surface area (Å²) in [6, 6.07) is 70.4. The van der Waals surface area contributed by atoms with Gasteiger partial charge in [0.15, 0.2) is 0 Å². The molecule has 0 saturated heterocycles. The molecular weight excluding hydrogens is 761 g/mol. The van der Waals surface area contributed by atoms with Crippen molar-refractivity contribution in [2.45, 2.75) is 0 Å². The molecule has 4 heterocycles. The summed E-state index contributed by atoms with van der Waals surface area (Å²) < 4.78 is 7.48. The summed E-state index contributed by atoms with van der Waals surface area (Å²) in [6.07, 6.45) is 0. The summed E-state index contributed by atoms with van der Waals surface area (Å²) in [4.78, 5) is 11.0. The minimum Gasteiger partial charge on any atom is -0.308 e. The van der Waals surface area contributed by atoms with Crippen LogP contribution in [0, 0.1) is 0 Å². The van der Waals surface area contributed by atoms with Crippen molar-refractivity contribution in [3.05, 3.63) is 194 Å². The van der Waals surface area contributed by atoms with Crippen molar-refractivity contribution in [2.75, 3.05) is 0 Å². The third-order valence-corrected chi connectivity index (χ3v) is 14.0. The zero-order valence-electron chi connectivity index (χ0n) is 32.7. The number of benzene rings is 10. The first-order valence-corrected chi connectivity index (χ1v) is 21.6. The minimum atomic E-state index is 0.661. The Labute approximate surface area is 353 Å². The molecule has 5 heteroatoms. The zero-order chi connectivity index (χ0) is 39.8. The van der Waals surface area contributed by atoms with Gasteiger partial charge in [-0.1, -0.05) is 152 Å². The molecule has 14 aromatic rings. The van der Waals surface area contributed by atoms with Crippen molar-refractivity contribution in [1.29, 1.82) is 0 Å². The first kappa shape index (κ1) is 33.0. The van der Waals surface area contributed by atoms with Crippen LogP contribution in [0.5, 0.6) is 0 Å². The van der Waals surface area contributed by atoms with Crippen molar-refractivity contribution >= 4 is 108 Å². The molecule has 0 amide bonds. The predicted molar refractivity (Wildman–Crippen MR) is 258 cm³/mol. The average Bonchev–Trinajstić information content (AvgIpc) is 3.99. The van der Waals surface area contributed by atoms with Crippen molar-refractivity contribution < 1.29 is 0 Å². The number of fused-ring (bicyclic) bond motifs is 11. The Morgan fingerprint density at radius 3 is 1.97 bits per heavy atom. The molecule has 4 nitrogen and oxygen atoms in total. The van der Waals surface area contributed by atoms with Gasteiger partial charge in [-0.15, -0.1) is 11.3 Å². The van der Waals surface area contributed by atoms with Crippen LogP contribution in [-0.2, 0) is 0 Å². The maximum absolute atomic E-state index is 5.58. The fourth-order valence-corrected chi connectivity index (χ4v) is 11.5. The van der Waals surface area contributed by atoms with Gasteiger partial charge in [-0.3, -0.25) is 4.57 Å². The van der Waals surface area contributed by atoms with Gasteiger partial charge < -0.3 is 4.57 Å². The quantitative estimate of drug-likeness (QED) is 0.166. The van der Waals surface area contributed by atoms with Crippen molar-refractivity contribution in [2.24, 2.45) is 0 Å². The van der Waals surface area contributed by atoms with Gasteiger partial charge in [0, 0.05) is 59.0 Å². The maximum atomic E-state index is 5.58. The molecule has 0 spiro atoms. The van der Waals surface area contributed by atoms with Gasteiger partial charge in [0.1, 0.15) is 0 Å². The van der Waals surface area contributed by atoms with Crippen LogP contribution in [0.15, 0.2) is 194 Å². The lowest BCUT2D eigenvalue weighted by atomic mass is 9.98. The van der Waals surface area contributed by atoms with E-state index in [1.165, 1.54) is 80.0 Å². The summed E-state index contributed by atoms with van der Waals surface area (Å²) in [5, 5.41) is 13.3. The summed E-state index contributed by atoms with van der Waals surface area (Å²) in [6.45, 7) is 0. The van der Waals surface area contributed by atoms with Crippen molar-refractivity contribution in [3.63, 3.8) is 0 Å². The molecular formula is C56H32N4S. The van der Waals surface area contributed by atoms with Crippen LogP contribution in [0.4, 0.5) is 0 Å². The van der Waals surface area contributed by atoms with Gasteiger partial charge in [0.2, 0.25) is 5.95 Å². The molecule has 0 N–H and O–H groups in total. The highest BCUT2D eigenvalue weighted by molar-refractivity contribution is 7.26. The largest absolute Gasteiger partial charge is 0.308 e. The Bertz CT molecular complexity index is 4100. The minimum absolute atomic E-state index is 0.661. The second kappa shape index (κ2) is 12.3. The number of hydrogen-bond acceptors (Lipinski definition) is 3. The fourth-order valence-electron chi connectivity index (χ4n) is 10.2. The molecule has 282 valence electrons. The lowest BCUT2D eigenvalue weighted by Crippen LogP contribution is -2.04.